The van der Waals surface area contributed by atoms with Crippen LogP contribution < -0.4 is 0 Å². The molecular weight excluding hydrogens is 204 g/mol. The van der Waals surface area contributed by atoms with Gasteiger partial charge in [-0.15, -0.1) is 11.8 Å². The summed E-state index contributed by atoms with van der Waals surface area (Å²) in [5.41, 5.74) is 1.94. The molecule has 15 heavy (non-hydrogen) atoms. The molecule has 1 aromatic rings. The van der Waals surface area contributed by atoms with Crippen molar-refractivity contribution < 1.29 is 4.79 Å². The standard InChI is InChI=1S/C13H12OS/c14-13-9-5-1-3-7-11(9)15-12-8-4-2-6-10(12)13/h1,3,5-7,12H,2,4,8H2. The molecule has 0 radical (unpaired) electrons. The molecule has 0 saturated carbocycles. The maximum atomic E-state index is 12.2. The molecule has 0 spiro atoms. The van der Waals surface area contributed by atoms with Crippen molar-refractivity contribution in [2.45, 2.75) is 29.4 Å². The van der Waals surface area contributed by atoms with Crippen LogP contribution in [0.25, 0.3) is 0 Å². The molecule has 0 aromatic heterocycles. The highest BCUT2D eigenvalue weighted by atomic mass is 32.2. The van der Waals surface area contributed by atoms with E-state index < -0.39 is 0 Å². The Kier molecular flexibility index (Phi) is 2.17. The summed E-state index contributed by atoms with van der Waals surface area (Å²) in [6.07, 6.45) is 5.58. The van der Waals surface area contributed by atoms with Crippen LogP contribution >= 0.6 is 11.8 Å². The Labute approximate surface area is 93.6 Å². The van der Waals surface area contributed by atoms with Gasteiger partial charge in [0.25, 0.3) is 0 Å². The first kappa shape index (κ1) is 9.22. The Bertz CT molecular complexity index is 448. The number of ketones is 1. The van der Waals surface area contributed by atoms with Crippen molar-refractivity contribution in [2.24, 2.45) is 0 Å². The molecule has 0 N–H and O–H groups in total. The Morgan fingerprint density at radius 2 is 2.13 bits per heavy atom. The fourth-order valence-electron chi connectivity index (χ4n) is 2.27. The van der Waals surface area contributed by atoms with Crippen molar-refractivity contribution >= 4 is 17.5 Å². The number of benzene rings is 1. The van der Waals surface area contributed by atoms with Gasteiger partial charge in [-0.1, -0.05) is 18.2 Å². The first-order valence-electron chi connectivity index (χ1n) is 5.37. The minimum Gasteiger partial charge on any atom is -0.289 e. The van der Waals surface area contributed by atoms with Gasteiger partial charge in [0.1, 0.15) is 0 Å². The normalized spacial score (nSPS) is 24.1. The second kappa shape index (κ2) is 3.53. The van der Waals surface area contributed by atoms with Gasteiger partial charge < -0.3 is 0 Å². The van der Waals surface area contributed by atoms with Crippen molar-refractivity contribution in [1.29, 1.82) is 0 Å². The van der Waals surface area contributed by atoms with E-state index in [4.69, 9.17) is 0 Å². The van der Waals surface area contributed by atoms with Gasteiger partial charge >= 0.3 is 0 Å². The van der Waals surface area contributed by atoms with Gasteiger partial charge in [-0.25, -0.2) is 0 Å². The highest BCUT2D eigenvalue weighted by Crippen LogP contribution is 2.42. The van der Waals surface area contributed by atoms with Gasteiger partial charge in [0.15, 0.2) is 5.78 Å². The Hall–Kier alpha value is -1.02. The lowest BCUT2D eigenvalue weighted by atomic mass is 9.92. The number of hydrogen-bond acceptors (Lipinski definition) is 2. The largest absolute Gasteiger partial charge is 0.289 e. The number of thioether (sulfide) groups is 1. The SMILES string of the molecule is O=C1C2=CCCCC2Sc2ccccc21. The summed E-state index contributed by atoms with van der Waals surface area (Å²) in [6, 6.07) is 7.96. The molecule has 2 aliphatic rings. The molecule has 1 aromatic carbocycles. The van der Waals surface area contributed by atoms with Crippen LogP contribution in [0, 0.1) is 0 Å². The van der Waals surface area contributed by atoms with Crippen LogP contribution in [0.5, 0.6) is 0 Å². The third-order valence-electron chi connectivity index (χ3n) is 3.04. The molecule has 2 heteroatoms. The minimum atomic E-state index is 0.258. The maximum absolute atomic E-state index is 12.2. The summed E-state index contributed by atoms with van der Waals surface area (Å²) in [6.45, 7) is 0. The third kappa shape index (κ3) is 1.44. The molecule has 76 valence electrons. The number of allylic oxidation sites excluding steroid dienone is 1. The Morgan fingerprint density at radius 1 is 1.27 bits per heavy atom. The van der Waals surface area contributed by atoms with Crippen LogP contribution in [0.3, 0.4) is 0 Å². The fraction of sp³-hybridized carbons (Fsp3) is 0.308. The van der Waals surface area contributed by atoms with E-state index in [1.165, 1.54) is 6.42 Å². The van der Waals surface area contributed by atoms with E-state index in [1.807, 2.05) is 30.0 Å². The lowest BCUT2D eigenvalue weighted by Crippen LogP contribution is -2.23. The van der Waals surface area contributed by atoms with Gasteiger partial charge in [0.2, 0.25) is 0 Å². The van der Waals surface area contributed by atoms with E-state index in [9.17, 15) is 4.79 Å². The summed E-state index contributed by atoms with van der Waals surface area (Å²) in [5, 5.41) is 0.418. The van der Waals surface area contributed by atoms with Gasteiger partial charge in [0, 0.05) is 21.3 Å². The number of hydrogen-bond donors (Lipinski definition) is 0. The van der Waals surface area contributed by atoms with Crippen molar-refractivity contribution in [3.05, 3.63) is 41.5 Å². The molecule has 1 aliphatic carbocycles. The molecule has 1 unspecified atom stereocenters. The van der Waals surface area contributed by atoms with Gasteiger partial charge in [-0.2, -0.15) is 0 Å². The third-order valence-corrected chi connectivity index (χ3v) is 4.43. The Balaban J connectivity index is 2.12. The van der Waals surface area contributed by atoms with Crippen LogP contribution in [0.15, 0.2) is 40.8 Å². The summed E-state index contributed by atoms with van der Waals surface area (Å²) in [4.78, 5) is 13.3. The number of carbonyl (C=O) groups excluding carboxylic acids is 1. The van der Waals surface area contributed by atoms with Crippen molar-refractivity contribution in [3.63, 3.8) is 0 Å². The van der Waals surface area contributed by atoms with Crippen molar-refractivity contribution in [1.82, 2.24) is 0 Å². The fourth-order valence-corrected chi connectivity index (χ4v) is 3.64. The molecule has 1 atom stereocenters. The quantitative estimate of drug-likeness (QED) is 0.660. The number of Topliss-reactive ketones (excluding diaryl/α,β-unsaturated/α-hetero) is 1. The maximum Gasteiger partial charge on any atom is 0.190 e. The van der Waals surface area contributed by atoms with Crippen LogP contribution in [0.2, 0.25) is 0 Å². The van der Waals surface area contributed by atoms with Gasteiger partial charge in [-0.05, 0) is 31.4 Å². The van der Waals surface area contributed by atoms with E-state index in [0.29, 0.717) is 5.25 Å². The summed E-state index contributed by atoms with van der Waals surface area (Å²) < 4.78 is 0. The zero-order valence-electron chi connectivity index (χ0n) is 8.40. The summed E-state index contributed by atoms with van der Waals surface area (Å²) in [7, 11) is 0. The molecule has 3 rings (SSSR count). The van der Waals surface area contributed by atoms with E-state index in [1.54, 1.807) is 0 Å². The van der Waals surface area contributed by atoms with Gasteiger partial charge in [0.05, 0.1) is 0 Å². The molecule has 0 fully saturated rings. The molecule has 1 heterocycles. The van der Waals surface area contributed by atoms with Crippen LogP contribution in [-0.2, 0) is 0 Å². The molecule has 0 amide bonds. The topological polar surface area (TPSA) is 17.1 Å². The van der Waals surface area contributed by atoms with E-state index >= 15 is 0 Å². The number of fused-ring (bicyclic) bond motifs is 2. The average molecular weight is 216 g/mol. The van der Waals surface area contributed by atoms with Gasteiger partial charge in [-0.3, -0.25) is 4.79 Å². The molecule has 0 saturated heterocycles. The number of carbonyl (C=O) groups is 1. The first-order chi connectivity index (χ1) is 7.36. The van der Waals surface area contributed by atoms with Crippen molar-refractivity contribution in [3.8, 4) is 0 Å². The van der Waals surface area contributed by atoms with E-state index in [2.05, 4.69) is 12.1 Å². The predicted molar refractivity (Wildman–Crippen MR) is 62.4 cm³/mol. The zero-order valence-corrected chi connectivity index (χ0v) is 9.22. The predicted octanol–water partition coefficient (Wildman–Crippen LogP) is 3.45. The molecular formula is C13H12OS. The highest BCUT2D eigenvalue weighted by Gasteiger charge is 2.31. The highest BCUT2D eigenvalue weighted by molar-refractivity contribution is 8.00. The second-order valence-corrected chi connectivity index (χ2v) is 5.27. The minimum absolute atomic E-state index is 0.258. The second-order valence-electron chi connectivity index (χ2n) is 4.02. The molecule has 1 nitrogen and oxygen atoms in total. The lowest BCUT2D eigenvalue weighted by molar-refractivity contribution is 0.102. The Morgan fingerprint density at radius 3 is 3.07 bits per heavy atom. The molecule has 1 aliphatic heterocycles. The first-order valence-corrected chi connectivity index (χ1v) is 6.24. The smallest absolute Gasteiger partial charge is 0.190 e. The molecule has 0 bridgehead atoms. The lowest BCUT2D eigenvalue weighted by Gasteiger charge is -2.28. The van der Waals surface area contributed by atoms with E-state index in [0.717, 1.165) is 28.9 Å². The number of rotatable bonds is 0. The zero-order chi connectivity index (χ0) is 10.3. The van der Waals surface area contributed by atoms with Crippen LogP contribution in [0.4, 0.5) is 0 Å². The summed E-state index contributed by atoms with van der Waals surface area (Å²) in [5.74, 6) is 0.258. The average Bonchev–Trinajstić information content (AvgIpc) is 2.30. The monoisotopic (exact) mass is 216 g/mol. The van der Waals surface area contributed by atoms with Crippen LogP contribution in [-0.4, -0.2) is 11.0 Å². The van der Waals surface area contributed by atoms with E-state index in [-0.39, 0.29) is 5.78 Å². The van der Waals surface area contributed by atoms with Crippen LogP contribution in [0.1, 0.15) is 29.6 Å². The van der Waals surface area contributed by atoms with Crippen molar-refractivity contribution in [2.75, 3.05) is 0 Å². The summed E-state index contributed by atoms with van der Waals surface area (Å²) >= 11 is 1.86.